The van der Waals surface area contributed by atoms with Crippen LogP contribution in [-0.4, -0.2) is 38.9 Å². The molecule has 2 aromatic heterocycles. The summed E-state index contributed by atoms with van der Waals surface area (Å²) < 4.78 is 2.02. The lowest BCUT2D eigenvalue weighted by atomic mass is 10.1. The molecule has 1 amide bonds. The van der Waals surface area contributed by atoms with E-state index in [4.69, 9.17) is 0 Å². The molecule has 0 saturated carbocycles. The summed E-state index contributed by atoms with van der Waals surface area (Å²) in [6, 6.07) is 9.64. The van der Waals surface area contributed by atoms with Crippen LogP contribution >= 0.6 is 0 Å². The van der Waals surface area contributed by atoms with E-state index in [2.05, 4.69) is 9.97 Å². The molecule has 0 aliphatic carbocycles. The van der Waals surface area contributed by atoms with E-state index in [0.717, 1.165) is 23.3 Å². The van der Waals surface area contributed by atoms with E-state index in [9.17, 15) is 4.79 Å². The van der Waals surface area contributed by atoms with Crippen LogP contribution in [-0.2, 0) is 13.5 Å². The van der Waals surface area contributed by atoms with Crippen molar-refractivity contribution in [2.45, 2.75) is 13.3 Å². The van der Waals surface area contributed by atoms with Crippen molar-refractivity contribution in [3.63, 3.8) is 0 Å². The number of likely N-dealkylation sites (N-methyl/N-ethyl adjacent to an activating group) is 1. The smallest absolute Gasteiger partial charge is 0.253 e. The number of nitrogens with zero attached hydrogens (tertiary/aromatic N) is 4. The summed E-state index contributed by atoms with van der Waals surface area (Å²) in [5, 5.41) is 0. The third-order valence-corrected chi connectivity index (χ3v) is 4.18. The maximum atomic E-state index is 12.6. The normalized spacial score (nSPS) is 10.9. The molecule has 0 fully saturated rings. The fourth-order valence-electron chi connectivity index (χ4n) is 2.62. The summed E-state index contributed by atoms with van der Waals surface area (Å²) >= 11 is 0. The average molecular weight is 308 g/mol. The van der Waals surface area contributed by atoms with Crippen LogP contribution in [0.5, 0.6) is 0 Å². The van der Waals surface area contributed by atoms with Gasteiger partial charge in [-0.05, 0) is 49.2 Å². The van der Waals surface area contributed by atoms with Crippen LogP contribution in [0, 0.1) is 6.92 Å². The topological polar surface area (TPSA) is 51.0 Å². The van der Waals surface area contributed by atoms with Gasteiger partial charge in [0, 0.05) is 38.6 Å². The van der Waals surface area contributed by atoms with Crippen LogP contribution in [0.15, 0.2) is 42.7 Å². The first kappa shape index (κ1) is 15.2. The van der Waals surface area contributed by atoms with Gasteiger partial charge in [0.25, 0.3) is 5.91 Å². The lowest BCUT2D eigenvalue weighted by Gasteiger charge is -2.17. The van der Waals surface area contributed by atoms with Crippen molar-refractivity contribution in [3.05, 3.63) is 59.7 Å². The van der Waals surface area contributed by atoms with Gasteiger partial charge in [-0.1, -0.05) is 0 Å². The van der Waals surface area contributed by atoms with Gasteiger partial charge >= 0.3 is 0 Å². The number of rotatable bonds is 4. The average Bonchev–Trinajstić information content (AvgIpc) is 2.86. The molecule has 0 aliphatic heterocycles. The first-order valence-electron chi connectivity index (χ1n) is 7.63. The molecule has 1 aromatic carbocycles. The van der Waals surface area contributed by atoms with Crippen molar-refractivity contribution in [3.8, 4) is 0 Å². The van der Waals surface area contributed by atoms with Crippen molar-refractivity contribution in [2.75, 3.05) is 13.6 Å². The quantitative estimate of drug-likeness (QED) is 0.744. The number of amides is 1. The van der Waals surface area contributed by atoms with Gasteiger partial charge in [0.1, 0.15) is 5.82 Å². The van der Waals surface area contributed by atoms with E-state index in [1.165, 1.54) is 5.56 Å². The zero-order valence-electron chi connectivity index (χ0n) is 13.7. The molecule has 0 saturated heterocycles. The Balaban J connectivity index is 1.74. The molecule has 0 unspecified atom stereocenters. The van der Waals surface area contributed by atoms with Gasteiger partial charge in [-0.25, -0.2) is 4.98 Å². The van der Waals surface area contributed by atoms with Gasteiger partial charge in [0.05, 0.1) is 11.0 Å². The van der Waals surface area contributed by atoms with Gasteiger partial charge in [0.2, 0.25) is 0 Å². The Hall–Kier alpha value is -2.69. The van der Waals surface area contributed by atoms with Gasteiger partial charge in [-0.2, -0.15) is 0 Å². The third kappa shape index (κ3) is 3.08. The Labute approximate surface area is 135 Å². The molecule has 0 bridgehead atoms. The highest BCUT2D eigenvalue weighted by Crippen LogP contribution is 2.17. The number of aromatic nitrogens is 3. The molecule has 5 nitrogen and oxygen atoms in total. The summed E-state index contributed by atoms with van der Waals surface area (Å²) in [6.07, 6.45) is 4.36. The maximum Gasteiger partial charge on any atom is 0.253 e. The number of carbonyl (C=O) groups excluding carboxylic acids is 1. The highest BCUT2D eigenvalue weighted by molar-refractivity contribution is 5.97. The molecule has 0 radical (unpaired) electrons. The molecular formula is C18H20N4O. The van der Waals surface area contributed by atoms with Crippen LogP contribution in [0.25, 0.3) is 11.0 Å². The van der Waals surface area contributed by atoms with Crippen molar-refractivity contribution >= 4 is 16.9 Å². The van der Waals surface area contributed by atoms with Gasteiger partial charge < -0.3 is 9.47 Å². The molecule has 0 N–H and O–H groups in total. The number of benzene rings is 1. The Bertz CT molecular complexity index is 839. The van der Waals surface area contributed by atoms with Crippen LogP contribution in [0.4, 0.5) is 0 Å². The molecule has 3 aromatic rings. The highest BCUT2D eigenvalue weighted by Gasteiger charge is 2.14. The minimum Gasteiger partial charge on any atom is -0.341 e. The fourth-order valence-corrected chi connectivity index (χ4v) is 2.62. The Kier molecular flexibility index (Phi) is 4.10. The molecule has 2 heterocycles. The monoisotopic (exact) mass is 308 g/mol. The zero-order chi connectivity index (χ0) is 16.4. The number of hydrogen-bond donors (Lipinski definition) is 0. The number of hydrogen-bond acceptors (Lipinski definition) is 3. The van der Waals surface area contributed by atoms with E-state index in [0.29, 0.717) is 12.1 Å². The number of aryl methyl sites for hydroxylation is 2. The lowest BCUT2D eigenvalue weighted by molar-refractivity contribution is 0.0797. The van der Waals surface area contributed by atoms with E-state index >= 15 is 0 Å². The lowest BCUT2D eigenvalue weighted by Crippen LogP contribution is -2.28. The molecule has 0 atom stereocenters. The van der Waals surface area contributed by atoms with Crippen LogP contribution in [0.1, 0.15) is 21.7 Å². The van der Waals surface area contributed by atoms with E-state index in [1.54, 1.807) is 17.3 Å². The van der Waals surface area contributed by atoms with Crippen molar-refractivity contribution in [2.24, 2.45) is 7.05 Å². The number of imidazole rings is 1. The molecule has 118 valence electrons. The van der Waals surface area contributed by atoms with Crippen LogP contribution in [0.3, 0.4) is 0 Å². The minimum absolute atomic E-state index is 0.0178. The van der Waals surface area contributed by atoms with Gasteiger partial charge in [0.15, 0.2) is 0 Å². The second-order valence-electron chi connectivity index (χ2n) is 5.75. The number of pyridine rings is 1. The van der Waals surface area contributed by atoms with Crippen molar-refractivity contribution in [1.29, 1.82) is 0 Å². The summed E-state index contributed by atoms with van der Waals surface area (Å²) in [4.78, 5) is 22.8. The Morgan fingerprint density at radius 3 is 2.70 bits per heavy atom. The predicted molar refractivity (Wildman–Crippen MR) is 90.4 cm³/mol. The first-order valence-corrected chi connectivity index (χ1v) is 7.63. The second-order valence-corrected chi connectivity index (χ2v) is 5.75. The number of fused-ring (bicyclic) bond motifs is 1. The molecule has 3 rings (SSSR count). The van der Waals surface area contributed by atoms with Gasteiger partial charge in [-0.3, -0.25) is 9.78 Å². The number of carbonyl (C=O) groups is 1. The van der Waals surface area contributed by atoms with Crippen LogP contribution < -0.4 is 0 Å². The SMILES string of the molecule is Cc1nc2cc(C(=O)N(C)CCc3ccncc3)ccc2n1C. The Morgan fingerprint density at radius 1 is 1.22 bits per heavy atom. The third-order valence-electron chi connectivity index (χ3n) is 4.18. The maximum absolute atomic E-state index is 12.6. The van der Waals surface area contributed by atoms with Gasteiger partial charge in [-0.15, -0.1) is 0 Å². The Morgan fingerprint density at radius 2 is 1.96 bits per heavy atom. The van der Waals surface area contributed by atoms with E-state index in [1.807, 2.05) is 55.9 Å². The zero-order valence-corrected chi connectivity index (χ0v) is 13.7. The van der Waals surface area contributed by atoms with Crippen molar-refractivity contribution < 1.29 is 4.79 Å². The molecule has 5 heteroatoms. The summed E-state index contributed by atoms with van der Waals surface area (Å²) in [7, 11) is 3.81. The predicted octanol–water partition coefficient (Wildman–Crippen LogP) is 2.59. The molecule has 23 heavy (non-hydrogen) atoms. The van der Waals surface area contributed by atoms with Crippen LogP contribution in [0.2, 0.25) is 0 Å². The van der Waals surface area contributed by atoms with E-state index < -0.39 is 0 Å². The standard InChI is InChI=1S/C18H20N4O/c1-13-20-16-12-15(4-5-17(16)22(13)3)18(23)21(2)11-8-14-6-9-19-10-7-14/h4-7,9-10,12H,8,11H2,1-3H3. The molecule has 0 spiro atoms. The summed E-state index contributed by atoms with van der Waals surface area (Å²) in [6.45, 7) is 2.63. The highest BCUT2D eigenvalue weighted by atomic mass is 16.2. The molecule has 0 aliphatic rings. The largest absolute Gasteiger partial charge is 0.341 e. The minimum atomic E-state index is 0.0178. The van der Waals surface area contributed by atoms with Crippen molar-refractivity contribution in [1.82, 2.24) is 19.4 Å². The molecular weight excluding hydrogens is 288 g/mol. The summed E-state index contributed by atoms with van der Waals surface area (Å²) in [5.41, 5.74) is 3.75. The first-order chi connectivity index (χ1) is 11.1. The second kappa shape index (κ2) is 6.20. The summed E-state index contributed by atoms with van der Waals surface area (Å²) in [5.74, 6) is 0.958. The van der Waals surface area contributed by atoms with E-state index in [-0.39, 0.29) is 5.91 Å². The fraction of sp³-hybridized carbons (Fsp3) is 0.278.